The number of ether oxygens (including phenoxy) is 1. The van der Waals surface area contributed by atoms with Crippen LogP contribution in [0.5, 0.6) is 0 Å². The van der Waals surface area contributed by atoms with Gasteiger partial charge in [-0.15, -0.1) is 0 Å². The third kappa shape index (κ3) is 2.90. The summed E-state index contributed by atoms with van der Waals surface area (Å²) in [6.45, 7) is 0.170. The van der Waals surface area contributed by atoms with E-state index < -0.39 is 5.97 Å². The third-order valence-corrected chi connectivity index (χ3v) is 2.70. The summed E-state index contributed by atoms with van der Waals surface area (Å²) in [5.41, 5.74) is 0.808. The van der Waals surface area contributed by atoms with Crippen LogP contribution in [0.2, 0.25) is 0 Å². The molecule has 1 aromatic heterocycles. The van der Waals surface area contributed by atoms with Crippen LogP contribution in [-0.4, -0.2) is 30.5 Å². The zero-order chi connectivity index (χ0) is 13.8. The quantitative estimate of drug-likeness (QED) is 0.824. The predicted octanol–water partition coefficient (Wildman–Crippen LogP) is 1.60. The minimum atomic E-state index is -0.400. The molecule has 2 N–H and O–H groups in total. The second kappa shape index (κ2) is 5.51. The van der Waals surface area contributed by atoms with Gasteiger partial charge >= 0.3 is 5.97 Å². The highest BCUT2D eigenvalue weighted by Crippen LogP contribution is 2.18. The molecule has 2 rings (SSSR count). The molecule has 0 spiro atoms. The van der Waals surface area contributed by atoms with Crippen molar-refractivity contribution in [3.63, 3.8) is 0 Å². The summed E-state index contributed by atoms with van der Waals surface area (Å²) in [5, 5.41) is 2.91. The minimum absolute atomic E-state index is 0.0941. The van der Waals surface area contributed by atoms with E-state index >= 15 is 0 Å². The largest absolute Gasteiger partial charge is 0.469 e. The van der Waals surface area contributed by atoms with Crippen LogP contribution >= 0.6 is 0 Å². The Kier molecular flexibility index (Phi) is 3.79. The number of esters is 1. The smallest absolute Gasteiger partial charge is 0.307 e. The number of aromatic amines is 1. The van der Waals surface area contributed by atoms with E-state index in [1.807, 2.05) is 0 Å². The number of methoxy groups -OCH3 is 1. The molecule has 0 fully saturated rings. The number of rotatable bonds is 4. The minimum Gasteiger partial charge on any atom is -0.469 e. The first-order chi connectivity index (χ1) is 9.11. The maximum absolute atomic E-state index is 13.5. The van der Waals surface area contributed by atoms with Crippen LogP contribution < -0.4 is 5.32 Å². The fourth-order valence-corrected chi connectivity index (χ4v) is 1.72. The lowest BCUT2D eigenvalue weighted by Gasteiger charge is -2.02. The van der Waals surface area contributed by atoms with Crippen molar-refractivity contribution in [2.75, 3.05) is 13.7 Å². The second-order valence-electron chi connectivity index (χ2n) is 3.97. The Morgan fingerprint density at radius 1 is 1.42 bits per heavy atom. The zero-order valence-electron chi connectivity index (χ0n) is 10.3. The average molecular weight is 264 g/mol. The maximum atomic E-state index is 13.5. The first-order valence-corrected chi connectivity index (χ1v) is 5.74. The number of fused-ring (bicyclic) bond motifs is 1. The Morgan fingerprint density at radius 2 is 2.21 bits per heavy atom. The number of benzene rings is 1. The van der Waals surface area contributed by atoms with Gasteiger partial charge in [-0.25, -0.2) is 4.39 Å². The molecular weight excluding hydrogens is 251 g/mol. The second-order valence-corrected chi connectivity index (χ2v) is 3.97. The molecule has 0 aliphatic carbocycles. The molecule has 2 aromatic rings. The molecule has 1 aromatic carbocycles. The van der Waals surface area contributed by atoms with Crippen molar-refractivity contribution in [1.82, 2.24) is 10.3 Å². The normalized spacial score (nSPS) is 10.4. The van der Waals surface area contributed by atoms with Crippen LogP contribution in [0.3, 0.4) is 0 Å². The SMILES string of the molecule is COC(=O)CCNC(=O)c1cc2c(F)cccc2[nH]1. The van der Waals surface area contributed by atoms with Gasteiger partial charge in [-0.3, -0.25) is 9.59 Å². The first-order valence-electron chi connectivity index (χ1n) is 5.74. The van der Waals surface area contributed by atoms with E-state index in [-0.39, 0.29) is 30.4 Å². The number of halogens is 1. The Morgan fingerprint density at radius 3 is 2.89 bits per heavy atom. The van der Waals surface area contributed by atoms with Crippen LogP contribution in [0.4, 0.5) is 4.39 Å². The van der Waals surface area contributed by atoms with Crippen LogP contribution in [-0.2, 0) is 9.53 Å². The number of hydrogen-bond acceptors (Lipinski definition) is 3. The lowest BCUT2D eigenvalue weighted by Crippen LogP contribution is -2.26. The highest BCUT2D eigenvalue weighted by Gasteiger charge is 2.11. The number of carbonyl (C=O) groups is 2. The summed E-state index contributed by atoms with van der Waals surface area (Å²) in [6, 6.07) is 6.02. The lowest BCUT2D eigenvalue weighted by atomic mass is 10.2. The van der Waals surface area contributed by atoms with Crippen LogP contribution in [0, 0.1) is 5.82 Å². The molecule has 0 saturated carbocycles. The van der Waals surface area contributed by atoms with Crippen LogP contribution in [0.25, 0.3) is 10.9 Å². The van der Waals surface area contributed by atoms with Gasteiger partial charge in [-0.1, -0.05) is 6.07 Å². The molecule has 0 saturated heterocycles. The van der Waals surface area contributed by atoms with Crippen molar-refractivity contribution >= 4 is 22.8 Å². The first kappa shape index (κ1) is 13.1. The number of carbonyl (C=O) groups excluding carboxylic acids is 2. The number of H-pyrrole nitrogens is 1. The third-order valence-electron chi connectivity index (χ3n) is 2.70. The topological polar surface area (TPSA) is 71.2 Å². The highest BCUT2D eigenvalue weighted by molar-refractivity contribution is 5.98. The van der Waals surface area contributed by atoms with Crippen molar-refractivity contribution in [3.05, 3.63) is 35.8 Å². The van der Waals surface area contributed by atoms with E-state index in [1.54, 1.807) is 12.1 Å². The fraction of sp³-hybridized carbons (Fsp3) is 0.231. The van der Waals surface area contributed by atoms with E-state index in [0.29, 0.717) is 10.9 Å². The highest BCUT2D eigenvalue weighted by atomic mass is 19.1. The molecule has 0 aliphatic heterocycles. The molecule has 19 heavy (non-hydrogen) atoms. The molecule has 100 valence electrons. The standard InChI is InChI=1S/C13H13FN2O3/c1-19-12(17)5-6-15-13(18)11-7-8-9(14)3-2-4-10(8)16-11/h2-4,7,16H,5-6H2,1H3,(H,15,18). The van der Waals surface area contributed by atoms with Crippen molar-refractivity contribution in [1.29, 1.82) is 0 Å². The number of nitrogens with one attached hydrogen (secondary N) is 2. The monoisotopic (exact) mass is 264 g/mol. The van der Waals surface area contributed by atoms with Crippen molar-refractivity contribution in [2.45, 2.75) is 6.42 Å². The molecule has 0 radical (unpaired) electrons. The van der Waals surface area contributed by atoms with Gasteiger partial charge in [-0.2, -0.15) is 0 Å². The molecular formula is C13H13FN2O3. The van der Waals surface area contributed by atoms with E-state index in [0.717, 1.165) is 0 Å². The summed E-state index contributed by atoms with van der Waals surface area (Å²) in [7, 11) is 1.28. The number of hydrogen-bond donors (Lipinski definition) is 2. The summed E-state index contributed by atoms with van der Waals surface area (Å²) < 4.78 is 17.9. The van der Waals surface area contributed by atoms with Gasteiger partial charge in [0.2, 0.25) is 0 Å². The van der Waals surface area contributed by atoms with Crippen molar-refractivity contribution in [2.24, 2.45) is 0 Å². The number of amides is 1. The van der Waals surface area contributed by atoms with Crippen molar-refractivity contribution < 1.29 is 18.7 Å². The Bertz CT molecular complexity index is 621. The summed E-state index contributed by atoms with van der Waals surface area (Å²) in [5.74, 6) is -1.18. The predicted molar refractivity (Wildman–Crippen MR) is 67.2 cm³/mol. The van der Waals surface area contributed by atoms with Gasteiger partial charge < -0.3 is 15.0 Å². The zero-order valence-corrected chi connectivity index (χ0v) is 10.3. The summed E-state index contributed by atoms with van der Waals surface area (Å²) in [6.07, 6.45) is 0.0941. The Labute approximate surface area is 108 Å². The van der Waals surface area contributed by atoms with Gasteiger partial charge in [-0.05, 0) is 18.2 Å². The molecule has 1 amide bonds. The van der Waals surface area contributed by atoms with E-state index in [9.17, 15) is 14.0 Å². The fourth-order valence-electron chi connectivity index (χ4n) is 1.72. The van der Waals surface area contributed by atoms with Gasteiger partial charge in [0.15, 0.2) is 0 Å². The Balaban J connectivity index is 2.05. The molecule has 0 bridgehead atoms. The molecule has 0 atom stereocenters. The summed E-state index contributed by atoms with van der Waals surface area (Å²) in [4.78, 5) is 25.5. The number of aromatic nitrogens is 1. The van der Waals surface area contributed by atoms with Crippen molar-refractivity contribution in [3.8, 4) is 0 Å². The molecule has 1 heterocycles. The Hall–Kier alpha value is -2.37. The van der Waals surface area contributed by atoms with Crippen LogP contribution in [0.1, 0.15) is 16.9 Å². The van der Waals surface area contributed by atoms with E-state index in [4.69, 9.17) is 0 Å². The molecule has 0 aliphatic rings. The molecule has 5 nitrogen and oxygen atoms in total. The lowest BCUT2D eigenvalue weighted by molar-refractivity contribution is -0.140. The molecule has 6 heteroatoms. The van der Waals surface area contributed by atoms with E-state index in [2.05, 4.69) is 15.0 Å². The maximum Gasteiger partial charge on any atom is 0.307 e. The molecule has 0 unspecified atom stereocenters. The van der Waals surface area contributed by atoms with Gasteiger partial charge in [0.25, 0.3) is 5.91 Å². The van der Waals surface area contributed by atoms with Gasteiger partial charge in [0.05, 0.1) is 13.5 Å². The average Bonchev–Trinajstić information content (AvgIpc) is 2.84. The van der Waals surface area contributed by atoms with Crippen LogP contribution in [0.15, 0.2) is 24.3 Å². The van der Waals surface area contributed by atoms with E-state index in [1.165, 1.54) is 19.2 Å². The van der Waals surface area contributed by atoms with Gasteiger partial charge in [0, 0.05) is 17.4 Å². The van der Waals surface area contributed by atoms with Gasteiger partial charge in [0.1, 0.15) is 11.5 Å². The summed E-state index contributed by atoms with van der Waals surface area (Å²) >= 11 is 0.